The van der Waals surface area contributed by atoms with Crippen LogP contribution in [0.3, 0.4) is 0 Å². The van der Waals surface area contributed by atoms with E-state index in [2.05, 4.69) is 10.6 Å². The summed E-state index contributed by atoms with van der Waals surface area (Å²) in [6, 6.07) is 7.50. The summed E-state index contributed by atoms with van der Waals surface area (Å²) in [5.41, 5.74) is 1.68. The highest BCUT2D eigenvalue weighted by atomic mass is 16.2. The predicted octanol–water partition coefficient (Wildman–Crippen LogP) is 0.875. The first kappa shape index (κ1) is 6.22. The Bertz CT molecular complexity index is 296. The van der Waals surface area contributed by atoms with Gasteiger partial charge in [0, 0.05) is 0 Å². The van der Waals surface area contributed by atoms with Crippen molar-refractivity contribution in [2.24, 2.45) is 0 Å². The number of anilines is 1. The maximum Gasteiger partial charge on any atom is 0.246 e. The van der Waals surface area contributed by atoms with Gasteiger partial charge in [0.25, 0.3) is 0 Å². The van der Waals surface area contributed by atoms with E-state index in [1.807, 2.05) is 24.3 Å². The zero-order valence-electron chi connectivity index (χ0n) is 5.87. The van der Waals surface area contributed by atoms with Crippen LogP contribution in [0.25, 0.3) is 0 Å². The van der Waals surface area contributed by atoms with E-state index in [-0.39, 0.29) is 12.5 Å². The monoisotopic (exact) mass is 147 g/mol. The second kappa shape index (κ2) is 2.27. The number of hydrogen-bond acceptors (Lipinski definition) is 1. The van der Waals surface area contributed by atoms with Crippen molar-refractivity contribution < 1.29 is 4.79 Å². The molecule has 0 bridgehead atoms. The molecule has 3 heteroatoms. The van der Waals surface area contributed by atoms with Crippen molar-refractivity contribution in [3.8, 4) is 0 Å². The molecule has 1 aliphatic rings. The Morgan fingerprint density at radius 2 is 2.18 bits per heavy atom. The molecule has 0 aromatic heterocycles. The zero-order valence-corrected chi connectivity index (χ0v) is 5.87. The molecule has 0 saturated carbocycles. The lowest BCUT2D eigenvalue weighted by Crippen LogP contribution is -2.26. The summed E-state index contributed by atoms with van der Waals surface area (Å²) in [7, 11) is 0. The summed E-state index contributed by atoms with van der Waals surface area (Å²) in [5, 5.41) is 6.79. The van der Waals surface area contributed by atoms with Crippen molar-refractivity contribution in [2.45, 2.75) is 0 Å². The second-order valence-electron chi connectivity index (χ2n) is 2.38. The fraction of sp³-hybridized carbons (Fsp3) is 0.125. The number of nitrogens with one attached hydrogen (secondary N) is 1. The molecule has 0 unspecified atom stereocenters. The van der Waals surface area contributed by atoms with E-state index >= 15 is 0 Å². The third kappa shape index (κ3) is 1.05. The van der Waals surface area contributed by atoms with E-state index < -0.39 is 0 Å². The molecule has 1 N–H and O–H groups in total. The molecule has 1 radical (unpaired) electrons. The van der Waals surface area contributed by atoms with Crippen LogP contribution in [0.1, 0.15) is 0 Å². The maximum absolute atomic E-state index is 10.8. The van der Waals surface area contributed by atoms with E-state index in [1.165, 1.54) is 0 Å². The van der Waals surface area contributed by atoms with Crippen molar-refractivity contribution >= 4 is 17.3 Å². The molecule has 3 nitrogen and oxygen atoms in total. The molecule has 0 atom stereocenters. The number of carbonyl (C=O) groups is 1. The average Bonchev–Trinajstić information content (AvgIpc) is 2.04. The molecule has 0 aliphatic carbocycles. The Morgan fingerprint density at radius 3 is 3.09 bits per heavy atom. The molecular formula is C8H7N2O. The minimum absolute atomic E-state index is 0.0382. The summed E-state index contributed by atoms with van der Waals surface area (Å²) in [5.74, 6) is -0.0382. The van der Waals surface area contributed by atoms with Crippen molar-refractivity contribution in [1.82, 2.24) is 5.32 Å². The first-order valence-electron chi connectivity index (χ1n) is 3.42. The van der Waals surface area contributed by atoms with Gasteiger partial charge in [-0.25, -0.2) is 0 Å². The number of carbonyl (C=O) groups excluding carboxylic acids is 1. The van der Waals surface area contributed by atoms with E-state index in [4.69, 9.17) is 0 Å². The van der Waals surface area contributed by atoms with Crippen molar-refractivity contribution in [1.29, 1.82) is 0 Å². The van der Waals surface area contributed by atoms with Crippen LogP contribution in [0.15, 0.2) is 24.3 Å². The third-order valence-electron chi connectivity index (χ3n) is 1.57. The summed E-state index contributed by atoms with van der Waals surface area (Å²) in [6.07, 6.45) is 0. The van der Waals surface area contributed by atoms with Crippen LogP contribution in [-0.2, 0) is 4.79 Å². The second-order valence-corrected chi connectivity index (χ2v) is 2.38. The molecular weight excluding hydrogens is 140 g/mol. The zero-order chi connectivity index (χ0) is 7.68. The van der Waals surface area contributed by atoms with Crippen LogP contribution in [0, 0.1) is 0 Å². The largest absolute Gasteiger partial charge is 0.323 e. The molecule has 1 aromatic carbocycles. The van der Waals surface area contributed by atoms with Gasteiger partial charge in [0.05, 0.1) is 11.4 Å². The van der Waals surface area contributed by atoms with Gasteiger partial charge < -0.3 is 5.32 Å². The fourth-order valence-corrected chi connectivity index (χ4v) is 1.06. The number of fused-ring (bicyclic) bond motifs is 1. The summed E-state index contributed by atoms with van der Waals surface area (Å²) < 4.78 is 0. The molecule has 2 rings (SSSR count). The van der Waals surface area contributed by atoms with Crippen molar-refractivity contribution in [3.63, 3.8) is 0 Å². The summed E-state index contributed by atoms with van der Waals surface area (Å²) in [6.45, 7) is 0.247. The molecule has 0 saturated heterocycles. The van der Waals surface area contributed by atoms with Gasteiger partial charge in [0.15, 0.2) is 0 Å². The number of benzene rings is 1. The van der Waals surface area contributed by atoms with Crippen LogP contribution >= 0.6 is 0 Å². The van der Waals surface area contributed by atoms with Gasteiger partial charge in [-0.3, -0.25) is 10.1 Å². The first-order chi connectivity index (χ1) is 5.36. The Morgan fingerprint density at radius 1 is 1.36 bits per heavy atom. The third-order valence-corrected chi connectivity index (χ3v) is 1.57. The predicted molar refractivity (Wildman–Crippen MR) is 41.7 cm³/mol. The highest BCUT2D eigenvalue weighted by Crippen LogP contribution is 2.23. The number of hydrogen-bond donors (Lipinski definition) is 1. The van der Waals surface area contributed by atoms with E-state index in [1.54, 1.807) is 0 Å². The topological polar surface area (TPSA) is 43.2 Å². The van der Waals surface area contributed by atoms with Gasteiger partial charge in [0.1, 0.15) is 6.54 Å². The Hall–Kier alpha value is -1.51. The lowest BCUT2D eigenvalue weighted by atomic mass is 10.2. The molecule has 55 valence electrons. The van der Waals surface area contributed by atoms with Gasteiger partial charge in [0.2, 0.25) is 5.91 Å². The number of nitrogens with zero attached hydrogens (tertiary/aromatic N) is 1. The molecule has 1 heterocycles. The van der Waals surface area contributed by atoms with Gasteiger partial charge in [-0.2, -0.15) is 0 Å². The summed E-state index contributed by atoms with van der Waals surface area (Å²) in [4.78, 5) is 10.8. The fourth-order valence-electron chi connectivity index (χ4n) is 1.06. The van der Waals surface area contributed by atoms with Crippen LogP contribution in [-0.4, -0.2) is 12.5 Å². The Labute approximate surface area is 64.4 Å². The number of para-hydroxylation sites is 2. The van der Waals surface area contributed by atoms with Crippen LogP contribution in [0.4, 0.5) is 11.4 Å². The lowest BCUT2D eigenvalue weighted by Gasteiger charge is -2.15. The van der Waals surface area contributed by atoms with Gasteiger partial charge in [-0.15, -0.1) is 0 Å². The molecule has 1 aliphatic heterocycles. The highest BCUT2D eigenvalue weighted by molar-refractivity contribution is 5.97. The van der Waals surface area contributed by atoms with Gasteiger partial charge in [-0.1, -0.05) is 12.1 Å². The first-order valence-corrected chi connectivity index (χ1v) is 3.42. The summed E-state index contributed by atoms with van der Waals surface area (Å²) >= 11 is 0. The number of amides is 1. The van der Waals surface area contributed by atoms with Crippen LogP contribution < -0.4 is 10.6 Å². The molecule has 0 fully saturated rings. The minimum Gasteiger partial charge on any atom is -0.323 e. The number of rotatable bonds is 0. The molecule has 11 heavy (non-hydrogen) atoms. The Balaban J connectivity index is 2.41. The highest BCUT2D eigenvalue weighted by Gasteiger charge is 2.13. The SMILES string of the molecule is O=C1C[N]c2ccccc2N1. The van der Waals surface area contributed by atoms with Gasteiger partial charge in [-0.05, 0) is 12.1 Å². The smallest absolute Gasteiger partial charge is 0.246 e. The van der Waals surface area contributed by atoms with Crippen molar-refractivity contribution in [2.75, 3.05) is 11.9 Å². The molecule has 1 amide bonds. The van der Waals surface area contributed by atoms with Crippen LogP contribution in [0.5, 0.6) is 0 Å². The van der Waals surface area contributed by atoms with Crippen LogP contribution in [0.2, 0.25) is 0 Å². The van der Waals surface area contributed by atoms with E-state index in [0.29, 0.717) is 0 Å². The van der Waals surface area contributed by atoms with Crippen molar-refractivity contribution in [3.05, 3.63) is 24.3 Å². The molecule has 1 aromatic rings. The minimum atomic E-state index is -0.0382. The lowest BCUT2D eigenvalue weighted by molar-refractivity contribution is -0.115. The Kier molecular flexibility index (Phi) is 1.28. The standard InChI is InChI=1S/C8H7N2O/c11-8-5-9-6-3-1-2-4-7(6)10-8/h1-4H,5H2,(H,10,11). The normalized spacial score (nSPS) is 14.7. The quantitative estimate of drug-likeness (QED) is 0.581. The van der Waals surface area contributed by atoms with E-state index in [9.17, 15) is 4.79 Å². The average molecular weight is 147 g/mol. The van der Waals surface area contributed by atoms with E-state index in [0.717, 1.165) is 11.4 Å². The van der Waals surface area contributed by atoms with Gasteiger partial charge >= 0.3 is 0 Å². The molecule has 0 spiro atoms. The maximum atomic E-state index is 10.8.